The smallest absolute Gasteiger partial charge is 0.339 e. The van der Waals surface area contributed by atoms with Gasteiger partial charge < -0.3 is 4.74 Å². The normalized spacial score (nSPS) is 10.6. The summed E-state index contributed by atoms with van der Waals surface area (Å²) in [5.41, 5.74) is 0.860. The molecule has 0 radical (unpaired) electrons. The molecule has 1 aromatic heterocycles. The molecule has 0 fully saturated rings. The van der Waals surface area contributed by atoms with Crippen LogP contribution < -0.4 is 0 Å². The zero-order valence-corrected chi connectivity index (χ0v) is 17.9. The Morgan fingerprint density at radius 1 is 1.20 bits per heavy atom. The largest absolute Gasteiger partial charge is 0.456 e. The van der Waals surface area contributed by atoms with E-state index in [0.29, 0.717) is 10.6 Å². The van der Waals surface area contributed by atoms with E-state index in [1.54, 1.807) is 18.4 Å². The molecular formula is C21H18N2O5S2. The van der Waals surface area contributed by atoms with Crippen LogP contribution in [0.4, 0.5) is 5.69 Å². The first-order chi connectivity index (χ1) is 14.4. The van der Waals surface area contributed by atoms with Crippen molar-refractivity contribution in [2.45, 2.75) is 24.8 Å². The minimum Gasteiger partial charge on any atom is -0.456 e. The van der Waals surface area contributed by atoms with Gasteiger partial charge >= 0.3 is 5.97 Å². The maximum Gasteiger partial charge on any atom is 0.339 e. The molecule has 0 spiro atoms. The Morgan fingerprint density at radius 2 is 1.93 bits per heavy atom. The lowest BCUT2D eigenvalue weighted by atomic mass is 9.98. The zero-order chi connectivity index (χ0) is 21.7. The first-order valence-electron chi connectivity index (χ1n) is 9.01. The number of thiazole rings is 1. The number of nitrogens with zero attached hydrogens (tertiary/aromatic N) is 2. The lowest BCUT2D eigenvalue weighted by molar-refractivity contribution is -0.387. The third kappa shape index (κ3) is 4.74. The topological polar surface area (TPSA) is 99.4 Å². The predicted molar refractivity (Wildman–Crippen MR) is 115 cm³/mol. The van der Waals surface area contributed by atoms with Crippen molar-refractivity contribution in [2.24, 2.45) is 0 Å². The van der Waals surface area contributed by atoms with Gasteiger partial charge in [0, 0.05) is 22.6 Å². The van der Waals surface area contributed by atoms with Gasteiger partial charge in [0.2, 0.25) is 0 Å². The van der Waals surface area contributed by atoms with Crippen molar-refractivity contribution in [1.82, 2.24) is 4.98 Å². The van der Waals surface area contributed by atoms with Crippen molar-refractivity contribution < 1.29 is 19.2 Å². The average Bonchev–Trinajstić information content (AvgIpc) is 3.24. The molecule has 1 heterocycles. The summed E-state index contributed by atoms with van der Waals surface area (Å²) in [6, 6.07) is 10.5. The highest BCUT2D eigenvalue weighted by Crippen LogP contribution is 2.29. The van der Waals surface area contributed by atoms with E-state index in [0.717, 1.165) is 11.4 Å². The number of ether oxygens (including phenoxy) is 1. The highest BCUT2D eigenvalue weighted by Gasteiger charge is 2.22. The van der Waals surface area contributed by atoms with E-state index >= 15 is 0 Å². The van der Waals surface area contributed by atoms with E-state index in [4.69, 9.17) is 4.74 Å². The minimum absolute atomic E-state index is 0.00570. The van der Waals surface area contributed by atoms with Crippen LogP contribution in [0.2, 0.25) is 0 Å². The molecule has 0 unspecified atom stereocenters. The Morgan fingerprint density at radius 3 is 2.57 bits per heavy atom. The van der Waals surface area contributed by atoms with Crippen LogP contribution in [0.15, 0.2) is 52.7 Å². The number of thioether (sulfide) groups is 1. The van der Waals surface area contributed by atoms with Crippen LogP contribution in [-0.4, -0.2) is 27.9 Å². The van der Waals surface area contributed by atoms with E-state index in [9.17, 15) is 19.7 Å². The van der Waals surface area contributed by atoms with Crippen molar-refractivity contribution >= 4 is 40.5 Å². The Kier molecular flexibility index (Phi) is 6.96. The molecule has 3 rings (SSSR count). The van der Waals surface area contributed by atoms with Gasteiger partial charge in [-0.3, -0.25) is 14.9 Å². The lowest BCUT2D eigenvalue weighted by Crippen LogP contribution is -2.13. The van der Waals surface area contributed by atoms with Crippen LogP contribution in [0, 0.1) is 10.1 Å². The molecule has 0 aliphatic heterocycles. The number of esters is 1. The van der Waals surface area contributed by atoms with Crippen LogP contribution in [-0.2, 0) is 17.8 Å². The van der Waals surface area contributed by atoms with Crippen LogP contribution in [0.1, 0.15) is 43.9 Å². The van der Waals surface area contributed by atoms with Gasteiger partial charge in [-0.2, -0.15) is 0 Å². The summed E-state index contributed by atoms with van der Waals surface area (Å²) >= 11 is 2.72. The summed E-state index contributed by atoms with van der Waals surface area (Å²) in [7, 11) is 0. The molecule has 0 aliphatic carbocycles. The number of hydrogen-bond donors (Lipinski definition) is 0. The van der Waals surface area contributed by atoms with Gasteiger partial charge in [-0.25, -0.2) is 9.78 Å². The van der Waals surface area contributed by atoms with Gasteiger partial charge in [0.15, 0.2) is 5.78 Å². The monoisotopic (exact) mass is 442 g/mol. The Labute approximate surface area is 181 Å². The van der Waals surface area contributed by atoms with Gasteiger partial charge in [-0.05, 0) is 30.9 Å². The fraction of sp³-hybridized carbons (Fsp3) is 0.190. The quantitative estimate of drug-likeness (QED) is 0.160. The second-order valence-electron chi connectivity index (χ2n) is 6.18. The zero-order valence-electron chi connectivity index (χ0n) is 16.3. The van der Waals surface area contributed by atoms with Crippen LogP contribution >= 0.6 is 23.1 Å². The van der Waals surface area contributed by atoms with Crippen molar-refractivity contribution in [3.63, 3.8) is 0 Å². The molecule has 0 N–H and O–H groups in total. The number of hydrogen-bond acceptors (Lipinski definition) is 8. The highest BCUT2D eigenvalue weighted by atomic mass is 32.2. The number of nitro groups is 1. The third-order valence-corrected chi connectivity index (χ3v) is 6.11. The lowest BCUT2D eigenvalue weighted by Gasteiger charge is -2.09. The molecule has 0 amide bonds. The van der Waals surface area contributed by atoms with E-state index in [2.05, 4.69) is 4.98 Å². The van der Waals surface area contributed by atoms with Crippen molar-refractivity contribution in [3.8, 4) is 0 Å². The molecule has 3 aromatic rings. The number of aryl methyl sites for hydroxylation is 1. The SMILES string of the molecule is CCc1nc(COC(=O)c2ccccc2C(=O)c2ccc(SC)c([N+](=O)[O-])c2)cs1. The first-order valence-corrected chi connectivity index (χ1v) is 11.1. The molecule has 7 nitrogen and oxygen atoms in total. The van der Waals surface area contributed by atoms with E-state index < -0.39 is 16.7 Å². The number of nitro benzene ring substituents is 1. The maximum atomic E-state index is 13.0. The molecule has 0 aliphatic rings. The summed E-state index contributed by atoms with van der Waals surface area (Å²) < 4.78 is 5.34. The molecule has 0 saturated carbocycles. The number of ketones is 1. The standard InChI is InChI=1S/C21H18N2O5S2/c1-3-19-22-14(12-30-19)11-28-21(25)16-7-5-4-6-15(16)20(24)13-8-9-18(29-2)17(10-13)23(26)27/h4-10,12H,3,11H2,1-2H3. The molecular weight excluding hydrogens is 424 g/mol. The molecule has 0 saturated heterocycles. The number of benzene rings is 2. The van der Waals surface area contributed by atoms with Crippen LogP contribution in [0.25, 0.3) is 0 Å². The minimum atomic E-state index is -0.653. The van der Waals surface area contributed by atoms with E-state index in [1.807, 2.05) is 12.3 Å². The van der Waals surface area contributed by atoms with Crippen LogP contribution in [0.3, 0.4) is 0 Å². The summed E-state index contributed by atoms with van der Waals surface area (Å²) in [6.45, 7) is 2.00. The fourth-order valence-corrected chi connectivity index (χ4v) is 4.06. The third-order valence-electron chi connectivity index (χ3n) is 4.28. The second kappa shape index (κ2) is 9.64. The van der Waals surface area contributed by atoms with Crippen molar-refractivity contribution in [2.75, 3.05) is 6.26 Å². The molecule has 9 heteroatoms. The Hall–Kier alpha value is -3.04. The molecule has 0 atom stereocenters. The molecule has 0 bridgehead atoms. The van der Waals surface area contributed by atoms with Gasteiger partial charge in [0.25, 0.3) is 5.69 Å². The van der Waals surface area contributed by atoms with Crippen molar-refractivity contribution in [1.29, 1.82) is 0 Å². The molecule has 154 valence electrons. The van der Waals surface area contributed by atoms with Gasteiger partial charge in [0.1, 0.15) is 6.61 Å². The Bertz CT molecular complexity index is 1110. The number of carbonyl (C=O) groups is 2. The fourth-order valence-electron chi connectivity index (χ4n) is 2.78. The van der Waals surface area contributed by atoms with Gasteiger partial charge in [-0.15, -0.1) is 23.1 Å². The van der Waals surface area contributed by atoms with E-state index in [-0.39, 0.29) is 29.0 Å². The predicted octanol–water partition coefficient (Wildman–Crippen LogP) is 4.92. The second-order valence-corrected chi connectivity index (χ2v) is 7.97. The van der Waals surface area contributed by atoms with Gasteiger partial charge in [-0.1, -0.05) is 25.1 Å². The summed E-state index contributed by atoms with van der Waals surface area (Å²) in [6.07, 6.45) is 2.53. The van der Waals surface area contributed by atoms with E-state index in [1.165, 1.54) is 53.4 Å². The summed E-state index contributed by atoms with van der Waals surface area (Å²) in [5.74, 6) is -1.14. The van der Waals surface area contributed by atoms with Gasteiger partial charge in [0.05, 0.1) is 26.1 Å². The molecule has 30 heavy (non-hydrogen) atoms. The Balaban J connectivity index is 1.85. The maximum absolute atomic E-state index is 13.0. The molecule has 2 aromatic carbocycles. The number of carbonyl (C=O) groups excluding carboxylic acids is 2. The first kappa shape index (κ1) is 21.7. The summed E-state index contributed by atoms with van der Waals surface area (Å²) in [4.78, 5) is 41.2. The van der Waals surface area contributed by atoms with Crippen LogP contribution in [0.5, 0.6) is 0 Å². The van der Waals surface area contributed by atoms with Crippen molar-refractivity contribution in [3.05, 3.63) is 85.4 Å². The highest BCUT2D eigenvalue weighted by molar-refractivity contribution is 7.98. The summed E-state index contributed by atoms with van der Waals surface area (Å²) in [5, 5.41) is 14.1. The number of rotatable bonds is 8. The number of aromatic nitrogens is 1. The average molecular weight is 443 g/mol.